The standard InChI is InChI=1S/C9H7BrCl2O2.C9H8Cl2O2.CH4/c1-4(13)7-8(12)5(10)3-6(11)9(7)14-2;1-5(12)8-6(10)3-4-7(11)9(8)13-2;/h3H,1-2H3;3-4H,1-2H3;1H4. The Hall–Kier alpha value is -0.980. The molecule has 0 aliphatic rings. The molecule has 0 atom stereocenters. The van der Waals surface area contributed by atoms with Gasteiger partial charge in [-0.15, -0.1) is 0 Å². The van der Waals surface area contributed by atoms with Crippen LogP contribution in [0.15, 0.2) is 22.7 Å². The van der Waals surface area contributed by atoms with Crippen LogP contribution in [-0.4, -0.2) is 25.8 Å². The van der Waals surface area contributed by atoms with Crippen LogP contribution in [0.25, 0.3) is 0 Å². The van der Waals surface area contributed by atoms with Crippen molar-refractivity contribution in [2.75, 3.05) is 14.2 Å². The van der Waals surface area contributed by atoms with E-state index in [0.717, 1.165) is 0 Å². The van der Waals surface area contributed by atoms with E-state index in [1.165, 1.54) is 28.1 Å². The number of hydrogen-bond acceptors (Lipinski definition) is 4. The molecule has 28 heavy (non-hydrogen) atoms. The highest BCUT2D eigenvalue weighted by Gasteiger charge is 2.19. The van der Waals surface area contributed by atoms with Gasteiger partial charge in [0.25, 0.3) is 0 Å². The van der Waals surface area contributed by atoms with Gasteiger partial charge in [-0.25, -0.2) is 0 Å². The Labute approximate surface area is 193 Å². The van der Waals surface area contributed by atoms with Gasteiger partial charge in [0, 0.05) is 4.47 Å². The van der Waals surface area contributed by atoms with Crippen LogP contribution in [0.4, 0.5) is 0 Å². The number of ether oxygens (including phenoxy) is 2. The molecule has 0 saturated carbocycles. The van der Waals surface area contributed by atoms with Gasteiger partial charge in [-0.05, 0) is 48.0 Å². The molecular formula is C19H19BrCl4O4. The first kappa shape index (κ1) is 27.0. The third kappa shape index (κ3) is 6.26. The lowest BCUT2D eigenvalue weighted by Gasteiger charge is -2.10. The van der Waals surface area contributed by atoms with E-state index in [-0.39, 0.29) is 19.0 Å². The molecule has 0 bridgehead atoms. The van der Waals surface area contributed by atoms with Gasteiger partial charge in [-0.2, -0.15) is 0 Å². The van der Waals surface area contributed by atoms with E-state index in [9.17, 15) is 9.59 Å². The average molecular weight is 533 g/mol. The summed E-state index contributed by atoms with van der Waals surface area (Å²) in [6.45, 7) is 2.83. The molecule has 0 radical (unpaired) electrons. The summed E-state index contributed by atoms with van der Waals surface area (Å²) in [4.78, 5) is 22.5. The summed E-state index contributed by atoms with van der Waals surface area (Å²) in [5, 5.41) is 1.42. The Kier molecular flexibility index (Phi) is 11.5. The second-order valence-corrected chi connectivity index (χ2v) is 7.57. The maximum atomic E-state index is 11.3. The molecule has 0 amide bonds. The summed E-state index contributed by atoms with van der Waals surface area (Å²) in [5.41, 5.74) is 0.630. The normalized spacial score (nSPS) is 9.61. The minimum absolute atomic E-state index is 0. The molecule has 2 aromatic rings. The Morgan fingerprint density at radius 3 is 1.64 bits per heavy atom. The van der Waals surface area contributed by atoms with Crippen molar-refractivity contribution in [1.82, 2.24) is 0 Å². The molecule has 0 aliphatic carbocycles. The molecule has 0 aromatic heterocycles. The minimum Gasteiger partial charge on any atom is -0.494 e. The predicted octanol–water partition coefficient (Wildman–Crippen LogP) is 7.81. The van der Waals surface area contributed by atoms with E-state index in [0.29, 0.717) is 47.2 Å². The van der Waals surface area contributed by atoms with E-state index in [1.54, 1.807) is 18.2 Å². The number of carbonyl (C=O) groups is 2. The largest absolute Gasteiger partial charge is 0.494 e. The SMILES string of the molecule is C.COc1c(Cl)cc(Br)c(Cl)c1C(C)=O.COc1c(Cl)ccc(Cl)c1C(C)=O. The zero-order valence-electron chi connectivity index (χ0n) is 14.8. The molecule has 2 rings (SSSR count). The van der Waals surface area contributed by atoms with Gasteiger partial charge in [-0.1, -0.05) is 53.8 Å². The zero-order valence-corrected chi connectivity index (χ0v) is 19.4. The molecule has 0 spiro atoms. The number of halogens is 5. The van der Waals surface area contributed by atoms with Crippen molar-refractivity contribution < 1.29 is 19.1 Å². The van der Waals surface area contributed by atoms with Gasteiger partial charge in [0.1, 0.15) is 11.5 Å². The van der Waals surface area contributed by atoms with Gasteiger partial charge in [0.2, 0.25) is 0 Å². The first-order valence-electron chi connectivity index (χ1n) is 7.32. The number of methoxy groups -OCH3 is 2. The summed E-state index contributed by atoms with van der Waals surface area (Å²) in [5.74, 6) is 0.299. The van der Waals surface area contributed by atoms with Crippen molar-refractivity contribution in [3.63, 3.8) is 0 Å². The Morgan fingerprint density at radius 2 is 1.25 bits per heavy atom. The van der Waals surface area contributed by atoms with Gasteiger partial charge in [0.15, 0.2) is 11.6 Å². The van der Waals surface area contributed by atoms with E-state index in [4.69, 9.17) is 55.9 Å². The highest BCUT2D eigenvalue weighted by Crippen LogP contribution is 2.39. The Morgan fingerprint density at radius 1 is 0.821 bits per heavy atom. The van der Waals surface area contributed by atoms with Crippen LogP contribution < -0.4 is 9.47 Å². The molecule has 9 heteroatoms. The molecule has 0 aliphatic heterocycles. The third-order valence-corrected chi connectivity index (χ3v) is 5.44. The lowest BCUT2D eigenvalue weighted by Crippen LogP contribution is -2.00. The summed E-state index contributed by atoms with van der Waals surface area (Å²) in [7, 11) is 2.89. The topological polar surface area (TPSA) is 52.6 Å². The van der Waals surface area contributed by atoms with Crippen LogP contribution in [-0.2, 0) is 0 Å². The van der Waals surface area contributed by atoms with Crippen LogP contribution in [0.3, 0.4) is 0 Å². The van der Waals surface area contributed by atoms with Gasteiger partial charge in [0.05, 0.1) is 45.4 Å². The minimum atomic E-state index is -0.185. The summed E-state index contributed by atoms with van der Waals surface area (Å²) < 4.78 is 10.6. The van der Waals surface area contributed by atoms with Crippen molar-refractivity contribution >= 4 is 73.9 Å². The van der Waals surface area contributed by atoms with Crippen LogP contribution in [0, 0.1) is 0 Å². The van der Waals surface area contributed by atoms with Crippen LogP contribution >= 0.6 is 62.3 Å². The number of carbonyl (C=O) groups excluding carboxylic acids is 2. The quantitative estimate of drug-likeness (QED) is 0.297. The van der Waals surface area contributed by atoms with E-state index >= 15 is 0 Å². The highest BCUT2D eigenvalue weighted by molar-refractivity contribution is 9.10. The van der Waals surface area contributed by atoms with Crippen molar-refractivity contribution in [1.29, 1.82) is 0 Å². The number of Topliss-reactive ketones (excluding diaryl/α,β-unsaturated/α-hetero) is 2. The van der Waals surface area contributed by atoms with Gasteiger partial charge >= 0.3 is 0 Å². The van der Waals surface area contributed by atoms with Gasteiger partial charge in [-0.3, -0.25) is 9.59 Å². The first-order chi connectivity index (χ1) is 12.6. The smallest absolute Gasteiger partial charge is 0.165 e. The lowest BCUT2D eigenvalue weighted by molar-refractivity contribution is 0.100. The number of rotatable bonds is 4. The molecule has 2 aromatic carbocycles. The molecule has 154 valence electrons. The van der Waals surface area contributed by atoms with Crippen molar-refractivity contribution in [3.05, 3.63) is 53.9 Å². The van der Waals surface area contributed by atoms with E-state index in [1.807, 2.05) is 0 Å². The third-order valence-electron chi connectivity index (χ3n) is 3.30. The average Bonchev–Trinajstić information content (AvgIpc) is 2.59. The second-order valence-electron chi connectivity index (χ2n) is 5.11. The Bertz CT molecular complexity index is 885. The summed E-state index contributed by atoms with van der Waals surface area (Å²) >= 11 is 26.7. The van der Waals surface area contributed by atoms with Gasteiger partial charge < -0.3 is 9.47 Å². The first-order valence-corrected chi connectivity index (χ1v) is 9.62. The fourth-order valence-electron chi connectivity index (χ4n) is 2.15. The number of benzene rings is 2. The molecule has 0 N–H and O–H groups in total. The van der Waals surface area contributed by atoms with E-state index in [2.05, 4.69) is 15.9 Å². The van der Waals surface area contributed by atoms with Crippen LogP contribution in [0.5, 0.6) is 11.5 Å². The molecular weight excluding hydrogens is 514 g/mol. The van der Waals surface area contributed by atoms with Crippen molar-refractivity contribution in [2.24, 2.45) is 0 Å². The summed E-state index contributed by atoms with van der Waals surface area (Å²) in [6, 6.07) is 4.76. The van der Waals surface area contributed by atoms with Crippen LogP contribution in [0.1, 0.15) is 42.0 Å². The molecule has 0 heterocycles. The van der Waals surface area contributed by atoms with E-state index < -0.39 is 0 Å². The second kappa shape index (κ2) is 11.9. The molecule has 0 unspecified atom stereocenters. The number of hydrogen-bond donors (Lipinski definition) is 0. The fourth-order valence-corrected chi connectivity index (χ4v) is 3.78. The zero-order chi connectivity index (χ0) is 20.9. The van der Waals surface area contributed by atoms with Crippen molar-refractivity contribution in [2.45, 2.75) is 21.3 Å². The monoisotopic (exact) mass is 530 g/mol. The maximum Gasteiger partial charge on any atom is 0.165 e. The van der Waals surface area contributed by atoms with Crippen molar-refractivity contribution in [3.8, 4) is 11.5 Å². The molecule has 4 nitrogen and oxygen atoms in total. The highest BCUT2D eigenvalue weighted by atomic mass is 79.9. The number of ketones is 2. The Balaban J connectivity index is 0.000000504. The summed E-state index contributed by atoms with van der Waals surface area (Å²) in [6.07, 6.45) is 0. The lowest BCUT2D eigenvalue weighted by atomic mass is 10.1. The van der Waals surface area contributed by atoms with Crippen LogP contribution in [0.2, 0.25) is 20.1 Å². The predicted molar refractivity (Wildman–Crippen MR) is 120 cm³/mol. The molecule has 0 fully saturated rings. The maximum absolute atomic E-state index is 11.3. The molecule has 0 saturated heterocycles. The fraction of sp³-hybridized carbons (Fsp3) is 0.263.